The molecule has 0 spiro atoms. The van der Waals surface area contributed by atoms with Crippen LogP contribution in [0.1, 0.15) is 6.92 Å². The molecule has 1 atom stereocenters. The monoisotopic (exact) mass is 360 g/mol. The summed E-state index contributed by atoms with van der Waals surface area (Å²) in [5.74, 6) is -0.813. The van der Waals surface area contributed by atoms with E-state index in [2.05, 4.69) is 21.2 Å². The molecule has 1 heterocycles. The van der Waals surface area contributed by atoms with Crippen molar-refractivity contribution in [2.45, 2.75) is 17.9 Å². The van der Waals surface area contributed by atoms with Crippen molar-refractivity contribution in [2.24, 2.45) is 0 Å². The molecule has 5 nitrogen and oxygen atoms in total. The molecule has 1 saturated heterocycles. The average molecular weight is 361 g/mol. The van der Waals surface area contributed by atoms with Gasteiger partial charge in [0, 0.05) is 30.1 Å². The Morgan fingerprint density at radius 1 is 1.50 bits per heavy atom. The van der Waals surface area contributed by atoms with E-state index in [-0.39, 0.29) is 16.8 Å². The lowest BCUT2D eigenvalue weighted by molar-refractivity contribution is -0.131. The van der Waals surface area contributed by atoms with E-state index in [0.717, 1.165) is 0 Å². The number of nitrogens with zero attached hydrogens (tertiary/aromatic N) is 1. The molecule has 7 heteroatoms. The summed E-state index contributed by atoms with van der Waals surface area (Å²) in [4.78, 5) is 14.0. The first-order valence-corrected chi connectivity index (χ1v) is 8.83. The molecule has 0 aliphatic carbocycles. The summed E-state index contributed by atoms with van der Waals surface area (Å²) in [6, 6.07) is 6.45. The van der Waals surface area contributed by atoms with Crippen LogP contribution in [0.15, 0.2) is 33.6 Å². The Kier molecular flexibility index (Phi) is 4.82. The van der Waals surface area contributed by atoms with Crippen LogP contribution in [0.3, 0.4) is 0 Å². The van der Waals surface area contributed by atoms with Crippen LogP contribution in [0, 0.1) is 0 Å². The molecule has 1 unspecified atom stereocenters. The van der Waals surface area contributed by atoms with Gasteiger partial charge in [-0.2, -0.15) is 0 Å². The summed E-state index contributed by atoms with van der Waals surface area (Å²) < 4.78 is 25.2. The predicted molar refractivity (Wildman–Crippen MR) is 80.2 cm³/mol. The summed E-state index contributed by atoms with van der Waals surface area (Å²) >= 11 is 3.24. The molecule has 1 aliphatic heterocycles. The Morgan fingerprint density at radius 2 is 2.25 bits per heavy atom. The third-order valence-electron chi connectivity index (χ3n) is 3.29. The lowest BCUT2D eigenvalue weighted by Crippen LogP contribution is -2.53. The molecule has 2 rings (SSSR count). The van der Waals surface area contributed by atoms with E-state index in [4.69, 9.17) is 0 Å². The summed E-state index contributed by atoms with van der Waals surface area (Å²) in [5.41, 5.74) is 0. The molecule has 1 fully saturated rings. The zero-order valence-corrected chi connectivity index (χ0v) is 13.6. The van der Waals surface area contributed by atoms with E-state index in [1.807, 2.05) is 6.92 Å². The van der Waals surface area contributed by atoms with Crippen molar-refractivity contribution in [3.8, 4) is 0 Å². The van der Waals surface area contributed by atoms with Crippen molar-refractivity contribution in [2.75, 3.05) is 25.4 Å². The summed E-state index contributed by atoms with van der Waals surface area (Å²) in [6.45, 7) is 3.86. The van der Waals surface area contributed by atoms with Crippen molar-refractivity contribution in [1.82, 2.24) is 10.2 Å². The number of hydrogen-bond donors (Lipinski definition) is 1. The number of carbonyl (C=O) groups excluding carboxylic acids is 1. The van der Waals surface area contributed by atoms with E-state index in [0.29, 0.717) is 24.1 Å². The van der Waals surface area contributed by atoms with Crippen LogP contribution in [0.2, 0.25) is 0 Å². The normalized spacial score (nSPS) is 19.9. The molecule has 1 amide bonds. The highest BCUT2D eigenvalue weighted by molar-refractivity contribution is 9.10. The van der Waals surface area contributed by atoms with Gasteiger partial charge in [0.25, 0.3) is 0 Å². The largest absolute Gasteiger partial charge is 0.337 e. The number of piperazine rings is 1. The average Bonchev–Trinajstić information content (AvgIpc) is 2.38. The Labute approximate surface area is 127 Å². The predicted octanol–water partition coefficient (Wildman–Crippen LogP) is 1.04. The fourth-order valence-corrected chi connectivity index (χ4v) is 4.00. The van der Waals surface area contributed by atoms with Gasteiger partial charge < -0.3 is 10.2 Å². The van der Waals surface area contributed by atoms with Crippen molar-refractivity contribution in [3.63, 3.8) is 0 Å². The molecule has 20 heavy (non-hydrogen) atoms. The standard InChI is InChI=1S/C13H17BrN2O3S/c1-10-8-15-5-6-16(10)13(17)9-20(18,19)12-4-2-3-11(14)7-12/h2-4,7,10,15H,5-6,8-9H2,1H3. The van der Waals surface area contributed by atoms with E-state index < -0.39 is 15.6 Å². The minimum Gasteiger partial charge on any atom is -0.337 e. The van der Waals surface area contributed by atoms with Crippen LogP contribution >= 0.6 is 15.9 Å². The van der Waals surface area contributed by atoms with Crippen LogP contribution in [-0.4, -0.2) is 50.7 Å². The third kappa shape index (κ3) is 3.59. The second kappa shape index (κ2) is 6.24. The van der Waals surface area contributed by atoms with Crippen LogP contribution in [0.25, 0.3) is 0 Å². The van der Waals surface area contributed by atoms with E-state index >= 15 is 0 Å². The van der Waals surface area contributed by atoms with Gasteiger partial charge >= 0.3 is 0 Å². The Hall–Kier alpha value is -0.920. The Bertz CT molecular complexity index is 603. The van der Waals surface area contributed by atoms with Gasteiger partial charge in [-0.15, -0.1) is 0 Å². The first-order valence-electron chi connectivity index (χ1n) is 6.38. The van der Waals surface area contributed by atoms with Gasteiger partial charge in [-0.1, -0.05) is 22.0 Å². The highest BCUT2D eigenvalue weighted by atomic mass is 79.9. The fourth-order valence-electron chi connectivity index (χ4n) is 2.20. The van der Waals surface area contributed by atoms with Crippen molar-refractivity contribution in [1.29, 1.82) is 0 Å². The molecule has 1 aromatic rings. The van der Waals surface area contributed by atoms with Gasteiger partial charge in [-0.05, 0) is 25.1 Å². The van der Waals surface area contributed by atoms with E-state index in [9.17, 15) is 13.2 Å². The number of benzene rings is 1. The number of hydrogen-bond acceptors (Lipinski definition) is 4. The maximum absolute atomic E-state index is 12.3. The second-order valence-corrected chi connectivity index (χ2v) is 7.76. The number of nitrogens with one attached hydrogen (secondary N) is 1. The fraction of sp³-hybridized carbons (Fsp3) is 0.462. The van der Waals surface area contributed by atoms with Gasteiger partial charge in [0.05, 0.1) is 4.90 Å². The number of rotatable bonds is 3. The first kappa shape index (κ1) is 15.5. The number of sulfone groups is 1. The van der Waals surface area contributed by atoms with Gasteiger partial charge in [-0.3, -0.25) is 4.79 Å². The van der Waals surface area contributed by atoms with E-state index in [1.165, 1.54) is 12.1 Å². The van der Waals surface area contributed by atoms with Crippen LogP contribution in [0.5, 0.6) is 0 Å². The lowest BCUT2D eigenvalue weighted by Gasteiger charge is -2.33. The SMILES string of the molecule is CC1CNCCN1C(=O)CS(=O)(=O)c1cccc(Br)c1. The van der Waals surface area contributed by atoms with Crippen molar-refractivity contribution in [3.05, 3.63) is 28.7 Å². The molecule has 0 saturated carbocycles. The van der Waals surface area contributed by atoms with Crippen molar-refractivity contribution >= 4 is 31.7 Å². The zero-order chi connectivity index (χ0) is 14.8. The molecular formula is C13H17BrN2O3S. The third-order valence-corrected chi connectivity index (χ3v) is 5.38. The molecule has 110 valence electrons. The highest BCUT2D eigenvalue weighted by Crippen LogP contribution is 2.18. The maximum Gasteiger partial charge on any atom is 0.238 e. The molecule has 1 N–H and O–H groups in total. The quantitative estimate of drug-likeness (QED) is 0.874. The molecule has 1 aromatic carbocycles. The maximum atomic E-state index is 12.3. The Morgan fingerprint density at radius 3 is 2.90 bits per heavy atom. The van der Waals surface area contributed by atoms with Crippen LogP contribution < -0.4 is 5.32 Å². The number of amides is 1. The molecule has 0 aromatic heterocycles. The zero-order valence-electron chi connectivity index (χ0n) is 11.2. The Balaban J connectivity index is 2.14. The second-order valence-electron chi connectivity index (χ2n) is 4.86. The van der Waals surface area contributed by atoms with Crippen LogP contribution in [0.4, 0.5) is 0 Å². The van der Waals surface area contributed by atoms with Crippen molar-refractivity contribution < 1.29 is 13.2 Å². The minimum atomic E-state index is -3.60. The highest BCUT2D eigenvalue weighted by Gasteiger charge is 2.28. The number of halogens is 1. The summed E-state index contributed by atoms with van der Waals surface area (Å²) in [5, 5.41) is 3.17. The van der Waals surface area contributed by atoms with E-state index in [1.54, 1.807) is 17.0 Å². The van der Waals surface area contributed by atoms with Gasteiger partial charge in [0.15, 0.2) is 9.84 Å². The topological polar surface area (TPSA) is 66.5 Å². The lowest BCUT2D eigenvalue weighted by atomic mass is 10.2. The summed E-state index contributed by atoms with van der Waals surface area (Å²) in [7, 11) is -3.60. The number of carbonyl (C=O) groups is 1. The molecule has 0 bridgehead atoms. The van der Waals surface area contributed by atoms with Gasteiger partial charge in [-0.25, -0.2) is 8.42 Å². The minimum absolute atomic E-state index is 0.0222. The first-order chi connectivity index (χ1) is 9.40. The van der Waals surface area contributed by atoms with Gasteiger partial charge in [0.2, 0.25) is 5.91 Å². The van der Waals surface area contributed by atoms with Gasteiger partial charge in [0.1, 0.15) is 5.75 Å². The summed E-state index contributed by atoms with van der Waals surface area (Å²) in [6.07, 6.45) is 0. The smallest absolute Gasteiger partial charge is 0.238 e. The molecule has 0 radical (unpaired) electrons. The van der Waals surface area contributed by atoms with Crippen LogP contribution in [-0.2, 0) is 14.6 Å². The molecule has 1 aliphatic rings. The molecular weight excluding hydrogens is 344 g/mol.